The molecule has 0 radical (unpaired) electrons. The smallest absolute Gasteiger partial charge is 0.262 e. The fourth-order valence-electron chi connectivity index (χ4n) is 5.12. The average molecular weight is 436 g/mol. The van der Waals surface area contributed by atoms with Crippen molar-refractivity contribution in [3.05, 3.63) is 102 Å². The third-order valence-electron chi connectivity index (χ3n) is 6.68. The van der Waals surface area contributed by atoms with E-state index >= 15 is 0 Å². The van der Waals surface area contributed by atoms with Gasteiger partial charge in [0, 0.05) is 31.0 Å². The van der Waals surface area contributed by atoms with Gasteiger partial charge in [-0.1, -0.05) is 48.5 Å². The number of benzene rings is 4. The zero-order valence-corrected chi connectivity index (χ0v) is 18.5. The molecule has 0 atom stereocenters. The van der Waals surface area contributed by atoms with E-state index in [2.05, 4.69) is 52.7 Å². The second kappa shape index (κ2) is 7.64. The second-order valence-corrected chi connectivity index (χ2v) is 8.87. The summed E-state index contributed by atoms with van der Waals surface area (Å²) < 4.78 is 5.32. The maximum atomic E-state index is 13.6. The zero-order chi connectivity index (χ0) is 22.4. The summed E-state index contributed by atoms with van der Waals surface area (Å²) in [7, 11) is 1.65. The molecule has 0 aromatic heterocycles. The Morgan fingerprint density at radius 1 is 0.879 bits per heavy atom. The van der Waals surface area contributed by atoms with Crippen LogP contribution in [-0.2, 0) is 6.54 Å². The monoisotopic (exact) mass is 435 g/mol. The van der Waals surface area contributed by atoms with Gasteiger partial charge in [0.2, 0.25) is 0 Å². The molecule has 4 aromatic carbocycles. The highest BCUT2D eigenvalue weighted by Gasteiger charge is 2.53. The van der Waals surface area contributed by atoms with Crippen molar-refractivity contribution >= 4 is 28.1 Å². The van der Waals surface area contributed by atoms with Crippen LogP contribution in [0.1, 0.15) is 15.9 Å². The van der Waals surface area contributed by atoms with Crippen molar-refractivity contribution in [3.63, 3.8) is 0 Å². The Bertz CT molecular complexity index is 1340. The first-order valence-corrected chi connectivity index (χ1v) is 11.2. The highest BCUT2D eigenvalue weighted by atomic mass is 16.5. The number of rotatable bonds is 4. The van der Waals surface area contributed by atoms with Crippen molar-refractivity contribution in [2.75, 3.05) is 30.4 Å². The summed E-state index contributed by atoms with van der Waals surface area (Å²) >= 11 is 0. The quantitative estimate of drug-likeness (QED) is 0.483. The molecule has 4 aromatic rings. The lowest BCUT2D eigenvalue weighted by molar-refractivity contribution is 0.0610. The first-order chi connectivity index (χ1) is 16.1. The summed E-state index contributed by atoms with van der Waals surface area (Å²) in [4.78, 5) is 17.9. The van der Waals surface area contributed by atoms with Crippen LogP contribution in [0.15, 0.2) is 91.0 Å². The van der Waals surface area contributed by atoms with Crippen LogP contribution in [0, 0.1) is 0 Å². The van der Waals surface area contributed by atoms with Crippen LogP contribution in [0.25, 0.3) is 10.8 Å². The van der Waals surface area contributed by atoms with Gasteiger partial charge in [0.25, 0.3) is 5.91 Å². The van der Waals surface area contributed by atoms with E-state index in [9.17, 15) is 4.79 Å². The number of methoxy groups -OCH3 is 1. The largest absolute Gasteiger partial charge is 0.497 e. The summed E-state index contributed by atoms with van der Waals surface area (Å²) in [5.41, 5.74) is 3.27. The number of carbonyl (C=O) groups excluding carboxylic acids is 1. The van der Waals surface area contributed by atoms with Crippen molar-refractivity contribution in [1.29, 1.82) is 0 Å². The van der Waals surface area contributed by atoms with E-state index < -0.39 is 5.66 Å². The van der Waals surface area contributed by atoms with E-state index in [1.54, 1.807) is 7.11 Å². The molecule has 0 aliphatic carbocycles. The first-order valence-electron chi connectivity index (χ1n) is 11.2. The minimum absolute atomic E-state index is 0.0277. The van der Waals surface area contributed by atoms with Crippen LogP contribution in [0.2, 0.25) is 0 Å². The highest BCUT2D eigenvalue weighted by Crippen LogP contribution is 2.41. The molecular formula is C28H25N3O2. The fourth-order valence-corrected chi connectivity index (χ4v) is 5.12. The molecular weight excluding hydrogens is 410 g/mol. The summed E-state index contributed by atoms with van der Waals surface area (Å²) in [6.45, 7) is 2.33. The van der Waals surface area contributed by atoms with Crippen LogP contribution in [0.3, 0.4) is 0 Å². The number of hydrogen-bond donors (Lipinski definition) is 1. The Labute approximate surface area is 193 Å². The number of hydrogen-bond acceptors (Lipinski definition) is 4. The van der Waals surface area contributed by atoms with E-state index in [1.165, 1.54) is 16.3 Å². The van der Waals surface area contributed by atoms with Crippen LogP contribution in [0.5, 0.6) is 5.75 Å². The molecule has 164 valence electrons. The zero-order valence-electron chi connectivity index (χ0n) is 18.5. The molecule has 5 nitrogen and oxygen atoms in total. The molecule has 1 fully saturated rings. The molecule has 5 heteroatoms. The van der Waals surface area contributed by atoms with Gasteiger partial charge in [0.15, 0.2) is 0 Å². The molecule has 0 bridgehead atoms. The van der Waals surface area contributed by atoms with Crippen LogP contribution in [-0.4, -0.2) is 36.7 Å². The lowest BCUT2D eigenvalue weighted by Crippen LogP contribution is -2.76. The number of para-hydroxylation sites is 1. The topological polar surface area (TPSA) is 44.8 Å². The van der Waals surface area contributed by atoms with E-state index in [4.69, 9.17) is 4.74 Å². The summed E-state index contributed by atoms with van der Waals surface area (Å²) in [5.74, 6) is 0.803. The number of nitrogens with one attached hydrogen (secondary N) is 1. The van der Waals surface area contributed by atoms with Crippen molar-refractivity contribution in [3.8, 4) is 5.75 Å². The van der Waals surface area contributed by atoms with Gasteiger partial charge >= 0.3 is 0 Å². The van der Waals surface area contributed by atoms with E-state index in [0.29, 0.717) is 5.56 Å². The van der Waals surface area contributed by atoms with Gasteiger partial charge in [-0.3, -0.25) is 14.6 Å². The number of ether oxygens (including phenoxy) is 1. The number of amides is 1. The predicted molar refractivity (Wildman–Crippen MR) is 132 cm³/mol. The average Bonchev–Trinajstić information content (AvgIpc) is 2.83. The predicted octanol–water partition coefficient (Wildman–Crippen LogP) is 5.13. The molecule has 0 saturated carbocycles. The van der Waals surface area contributed by atoms with Crippen molar-refractivity contribution in [2.45, 2.75) is 12.2 Å². The van der Waals surface area contributed by atoms with Gasteiger partial charge in [0.1, 0.15) is 11.4 Å². The summed E-state index contributed by atoms with van der Waals surface area (Å²) in [5, 5.41) is 6.20. The van der Waals surface area contributed by atoms with Crippen molar-refractivity contribution in [1.82, 2.24) is 4.90 Å². The maximum Gasteiger partial charge on any atom is 0.262 e. The minimum Gasteiger partial charge on any atom is -0.497 e. The van der Waals surface area contributed by atoms with E-state index in [0.717, 1.165) is 36.8 Å². The Morgan fingerprint density at radius 2 is 1.61 bits per heavy atom. The lowest BCUT2D eigenvalue weighted by atomic mass is 9.90. The van der Waals surface area contributed by atoms with Gasteiger partial charge in [-0.15, -0.1) is 0 Å². The van der Waals surface area contributed by atoms with Crippen molar-refractivity contribution in [2.24, 2.45) is 0 Å². The van der Waals surface area contributed by atoms with E-state index in [1.807, 2.05) is 53.4 Å². The van der Waals surface area contributed by atoms with Gasteiger partial charge in [-0.05, 0) is 58.8 Å². The Morgan fingerprint density at radius 3 is 2.39 bits per heavy atom. The normalized spacial score (nSPS) is 16.9. The van der Waals surface area contributed by atoms with Gasteiger partial charge < -0.3 is 10.1 Å². The number of fused-ring (bicyclic) bond motifs is 2. The molecule has 1 spiro atoms. The molecule has 1 saturated heterocycles. The first kappa shape index (κ1) is 19.8. The molecule has 1 N–H and O–H groups in total. The van der Waals surface area contributed by atoms with Crippen LogP contribution < -0.4 is 15.0 Å². The molecule has 33 heavy (non-hydrogen) atoms. The number of nitrogens with zero attached hydrogens (tertiary/aromatic N) is 2. The van der Waals surface area contributed by atoms with Crippen molar-refractivity contribution < 1.29 is 9.53 Å². The molecule has 6 rings (SSSR count). The molecule has 2 heterocycles. The third-order valence-corrected chi connectivity index (χ3v) is 6.68. The molecule has 2 aliphatic heterocycles. The van der Waals surface area contributed by atoms with Gasteiger partial charge in [-0.25, -0.2) is 0 Å². The summed E-state index contributed by atoms with van der Waals surface area (Å²) in [6.07, 6.45) is 0. The third kappa shape index (κ3) is 3.33. The molecule has 1 amide bonds. The highest BCUT2D eigenvalue weighted by molar-refractivity contribution is 6.13. The molecule has 2 aliphatic rings. The van der Waals surface area contributed by atoms with Crippen LogP contribution >= 0.6 is 0 Å². The number of carbonyl (C=O) groups is 1. The Balaban J connectivity index is 1.30. The minimum atomic E-state index is -0.475. The Kier molecular flexibility index (Phi) is 4.59. The Hall–Kier alpha value is -3.83. The summed E-state index contributed by atoms with van der Waals surface area (Å²) in [6, 6.07) is 30.6. The van der Waals surface area contributed by atoms with Gasteiger partial charge in [-0.2, -0.15) is 0 Å². The SMILES string of the molecule is COc1ccc(N2C(=O)c3ccccc3NC23CN(Cc2ccc4ccccc4c2)C3)cc1. The molecule has 0 unspecified atom stereocenters. The van der Waals surface area contributed by atoms with Crippen LogP contribution in [0.4, 0.5) is 11.4 Å². The lowest BCUT2D eigenvalue weighted by Gasteiger charge is -2.58. The van der Waals surface area contributed by atoms with E-state index in [-0.39, 0.29) is 5.91 Å². The second-order valence-electron chi connectivity index (χ2n) is 8.87. The standard InChI is InChI=1S/C28H25N3O2/c1-33-24-14-12-23(13-15-24)31-27(32)25-8-4-5-9-26(25)29-28(31)18-30(19-28)17-20-10-11-21-6-2-3-7-22(21)16-20/h2-16,29H,17-19H2,1H3. The van der Waals surface area contributed by atoms with Gasteiger partial charge in [0.05, 0.1) is 12.7 Å². The number of anilines is 2. The fraction of sp³-hybridized carbons (Fsp3) is 0.179. The maximum absolute atomic E-state index is 13.6. The number of likely N-dealkylation sites (tertiary alicyclic amines) is 1.